The lowest BCUT2D eigenvalue weighted by atomic mass is 10.3. The van der Waals surface area contributed by atoms with Crippen LogP contribution in [-0.4, -0.2) is 45.9 Å². The quantitative estimate of drug-likeness (QED) is 0.679. The number of ether oxygens (including phenoxy) is 1. The largest absolute Gasteiger partial charge is 0.380 e. The number of nitrogens with one attached hydrogen (secondary N) is 1. The van der Waals surface area contributed by atoms with Gasteiger partial charge in [-0.2, -0.15) is 11.8 Å². The summed E-state index contributed by atoms with van der Waals surface area (Å²) < 4.78 is 29.9. The summed E-state index contributed by atoms with van der Waals surface area (Å²) >= 11 is 1.73. The lowest BCUT2D eigenvalue weighted by molar-refractivity contribution is 0.104. The van der Waals surface area contributed by atoms with Gasteiger partial charge in [0.25, 0.3) is 0 Å². The minimum atomic E-state index is -3.09. The van der Waals surface area contributed by atoms with Crippen molar-refractivity contribution in [3.63, 3.8) is 0 Å². The predicted octanol–water partition coefficient (Wildman–Crippen LogP) is 0.694. The van der Waals surface area contributed by atoms with Crippen molar-refractivity contribution in [3.8, 4) is 0 Å². The monoisotopic (exact) mass is 241 g/mol. The van der Waals surface area contributed by atoms with Gasteiger partial charge in [0, 0.05) is 13.7 Å². The summed E-state index contributed by atoms with van der Waals surface area (Å²) in [6, 6.07) is 0. The Morgan fingerprint density at radius 3 is 2.57 bits per heavy atom. The maximum absolute atomic E-state index is 11.1. The summed E-state index contributed by atoms with van der Waals surface area (Å²) in [5.41, 5.74) is 0. The van der Waals surface area contributed by atoms with Gasteiger partial charge in [0.05, 0.1) is 11.9 Å². The lowest BCUT2D eigenvalue weighted by Gasteiger charge is -2.15. The van der Waals surface area contributed by atoms with Crippen LogP contribution in [0.1, 0.15) is 13.3 Å². The van der Waals surface area contributed by atoms with E-state index in [9.17, 15) is 8.42 Å². The fourth-order valence-electron chi connectivity index (χ4n) is 0.875. The molecular weight excluding hydrogens is 222 g/mol. The molecule has 0 aromatic carbocycles. The van der Waals surface area contributed by atoms with Gasteiger partial charge in [-0.25, -0.2) is 13.1 Å². The standard InChI is InChI=1S/C8H19NO3S2/c1-4-14(10,11)9-7-8(12-2)5-6-13-3/h8-9H,4-7H2,1-3H3. The Morgan fingerprint density at radius 1 is 1.50 bits per heavy atom. The molecule has 14 heavy (non-hydrogen) atoms. The number of hydrogen-bond donors (Lipinski definition) is 1. The summed E-state index contributed by atoms with van der Waals surface area (Å²) in [5.74, 6) is 1.10. The minimum absolute atomic E-state index is 0.0243. The molecule has 0 rings (SSSR count). The number of sulfonamides is 1. The van der Waals surface area contributed by atoms with Crippen LogP contribution in [0.4, 0.5) is 0 Å². The van der Waals surface area contributed by atoms with E-state index >= 15 is 0 Å². The Hall–Kier alpha value is 0.220. The molecule has 86 valence electrons. The highest BCUT2D eigenvalue weighted by molar-refractivity contribution is 7.98. The minimum Gasteiger partial charge on any atom is -0.380 e. The molecule has 0 aliphatic heterocycles. The van der Waals surface area contributed by atoms with Gasteiger partial charge >= 0.3 is 0 Å². The number of hydrogen-bond acceptors (Lipinski definition) is 4. The van der Waals surface area contributed by atoms with Crippen molar-refractivity contribution in [2.45, 2.75) is 19.4 Å². The highest BCUT2D eigenvalue weighted by Crippen LogP contribution is 2.03. The van der Waals surface area contributed by atoms with Crippen LogP contribution in [0.3, 0.4) is 0 Å². The first-order valence-corrected chi connectivity index (χ1v) is 7.59. The summed E-state index contributed by atoms with van der Waals surface area (Å²) in [6.45, 7) is 1.99. The zero-order valence-electron chi connectivity index (χ0n) is 8.95. The van der Waals surface area contributed by atoms with Crippen LogP contribution in [0.2, 0.25) is 0 Å². The van der Waals surface area contributed by atoms with Gasteiger partial charge in [-0.15, -0.1) is 0 Å². The van der Waals surface area contributed by atoms with Gasteiger partial charge in [0.15, 0.2) is 0 Å². The molecule has 0 amide bonds. The second-order valence-electron chi connectivity index (χ2n) is 2.89. The van der Waals surface area contributed by atoms with E-state index in [1.54, 1.807) is 25.8 Å². The zero-order valence-corrected chi connectivity index (χ0v) is 10.6. The highest BCUT2D eigenvalue weighted by Gasteiger charge is 2.11. The number of methoxy groups -OCH3 is 1. The normalized spacial score (nSPS) is 14.2. The van der Waals surface area contributed by atoms with Crippen LogP contribution in [0.5, 0.6) is 0 Å². The molecule has 1 unspecified atom stereocenters. The molecule has 0 fully saturated rings. The maximum Gasteiger partial charge on any atom is 0.211 e. The van der Waals surface area contributed by atoms with E-state index in [1.807, 2.05) is 6.26 Å². The van der Waals surface area contributed by atoms with Crippen molar-refractivity contribution in [2.24, 2.45) is 0 Å². The van der Waals surface area contributed by atoms with Crippen LogP contribution in [0, 0.1) is 0 Å². The van der Waals surface area contributed by atoms with Gasteiger partial charge in [0.2, 0.25) is 10.0 Å². The van der Waals surface area contributed by atoms with Crippen molar-refractivity contribution < 1.29 is 13.2 Å². The fourth-order valence-corrected chi connectivity index (χ4v) is 2.02. The van der Waals surface area contributed by atoms with Gasteiger partial charge < -0.3 is 4.74 Å². The molecule has 0 aliphatic rings. The predicted molar refractivity (Wildman–Crippen MR) is 61.3 cm³/mol. The molecule has 0 aromatic rings. The van der Waals surface area contributed by atoms with Crippen molar-refractivity contribution >= 4 is 21.8 Å². The lowest BCUT2D eigenvalue weighted by Crippen LogP contribution is -2.34. The summed E-state index contributed by atoms with van der Waals surface area (Å²) in [6.07, 6.45) is 2.86. The summed E-state index contributed by atoms with van der Waals surface area (Å²) in [5, 5.41) is 0. The van der Waals surface area contributed by atoms with E-state index in [2.05, 4.69) is 4.72 Å². The molecule has 0 saturated carbocycles. The molecule has 6 heteroatoms. The smallest absolute Gasteiger partial charge is 0.211 e. The topological polar surface area (TPSA) is 55.4 Å². The highest BCUT2D eigenvalue weighted by atomic mass is 32.2. The molecule has 0 aliphatic carbocycles. The molecule has 0 bridgehead atoms. The van der Waals surface area contributed by atoms with Crippen LogP contribution < -0.4 is 4.72 Å². The Kier molecular flexibility index (Phi) is 7.62. The van der Waals surface area contributed by atoms with Crippen molar-refractivity contribution in [2.75, 3.05) is 31.4 Å². The average molecular weight is 241 g/mol. The van der Waals surface area contributed by atoms with Crippen molar-refractivity contribution in [1.29, 1.82) is 0 Å². The molecule has 0 saturated heterocycles. The molecule has 0 aromatic heterocycles. The Balaban J connectivity index is 3.83. The second kappa shape index (κ2) is 7.50. The van der Waals surface area contributed by atoms with Gasteiger partial charge in [-0.3, -0.25) is 0 Å². The van der Waals surface area contributed by atoms with E-state index in [1.165, 1.54) is 0 Å². The Bertz CT molecular complexity index is 229. The van der Waals surface area contributed by atoms with Gasteiger partial charge in [-0.05, 0) is 25.4 Å². The molecule has 0 spiro atoms. The average Bonchev–Trinajstić information content (AvgIpc) is 2.18. The van der Waals surface area contributed by atoms with Crippen LogP contribution >= 0.6 is 11.8 Å². The van der Waals surface area contributed by atoms with Crippen LogP contribution in [-0.2, 0) is 14.8 Å². The summed E-state index contributed by atoms with van der Waals surface area (Å²) in [7, 11) is -1.48. The van der Waals surface area contributed by atoms with E-state index < -0.39 is 10.0 Å². The maximum atomic E-state index is 11.1. The SMILES string of the molecule is CCS(=O)(=O)NCC(CCSC)OC. The first kappa shape index (κ1) is 14.2. The van der Waals surface area contributed by atoms with E-state index in [-0.39, 0.29) is 11.9 Å². The van der Waals surface area contributed by atoms with Crippen molar-refractivity contribution in [1.82, 2.24) is 4.72 Å². The third kappa shape index (κ3) is 6.64. The van der Waals surface area contributed by atoms with Crippen molar-refractivity contribution in [3.05, 3.63) is 0 Å². The summed E-state index contributed by atoms with van der Waals surface area (Å²) in [4.78, 5) is 0. The Labute approximate surface area is 90.8 Å². The van der Waals surface area contributed by atoms with E-state index in [0.717, 1.165) is 12.2 Å². The Morgan fingerprint density at radius 2 is 2.14 bits per heavy atom. The zero-order chi connectivity index (χ0) is 11.0. The molecule has 0 radical (unpaired) electrons. The van der Waals surface area contributed by atoms with E-state index in [0.29, 0.717) is 6.54 Å². The van der Waals surface area contributed by atoms with Crippen LogP contribution in [0.15, 0.2) is 0 Å². The van der Waals surface area contributed by atoms with Gasteiger partial charge in [0.1, 0.15) is 0 Å². The molecule has 1 N–H and O–H groups in total. The number of rotatable bonds is 8. The molecule has 1 atom stereocenters. The molecular formula is C8H19NO3S2. The number of thioether (sulfide) groups is 1. The molecule has 4 nitrogen and oxygen atoms in total. The first-order chi connectivity index (χ1) is 6.55. The third-order valence-electron chi connectivity index (χ3n) is 1.89. The van der Waals surface area contributed by atoms with E-state index in [4.69, 9.17) is 4.74 Å². The third-order valence-corrected chi connectivity index (χ3v) is 3.90. The fraction of sp³-hybridized carbons (Fsp3) is 1.00. The van der Waals surface area contributed by atoms with Gasteiger partial charge in [-0.1, -0.05) is 0 Å². The first-order valence-electron chi connectivity index (χ1n) is 4.54. The molecule has 0 heterocycles. The van der Waals surface area contributed by atoms with Crippen LogP contribution in [0.25, 0.3) is 0 Å². The second-order valence-corrected chi connectivity index (χ2v) is 5.97.